The number of hydrogen-bond donors (Lipinski definition) is 0. The zero-order valence-electron chi connectivity index (χ0n) is 8.36. The Hall–Kier alpha value is -1.91. The van der Waals surface area contributed by atoms with Crippen molar-refractivity contribution >= 4 is 12.0 Å². The van der Waals surface area contributed by atoms with Gasteiger partial charge in [0.25, 0.3) is 0 Å². The van der Waals surface area contributed by atoms with Crippen molar-refractivity contribution in [2.24, 2.45) is 0 Å². The number of ether oxygens (including phenoxy) is 2. The molecule has 1 heterocycles. The van der Waals surface area contributed by atoms with Crippen molar-refractivity contribution in [3.05, 3.63) is 29.7 Å². The largest absolute Gasteiger partial charge is 0.481 e. The molecule has 1 rings (SSSR count). The molecule has 0 aliphatic heterocycles. The first kappa shape index (κ1) is 11.2. The van der Waals surface area contributed by atoms with Gasteiger partial charge in [0.1, 0.15) is 5.82 Å². The number of carbonyl (C=O) groups excluding carboxylic acids is 1. The summed E-state index contributed by atoms with van der Waals surface area (Å²) >= 11 is 0. The maximum absolute atomic E-state index is 13.1. The van der Waals surface area contributed by atoms with Crippen LogP contribution >= 0.6 is 0 Å². The summed E-state index contributed by atoms with van der Waals surface area (Å²) in [6.45, 7) is 0. The number of rotatable bonds is 3. The lowest BCUT2D eigenvalue weighted by molar-refractivity contribution is -0.134. The third-order valence-electron chi connectivity index (χ3n) is 1.67. The molecule has 4 nitrogen and oxygen atoms in total. The molecular weight excluding hydrogens is 201 g/mol. The maximum atomic E-state index is 13.1. The first-order chi connectivity index (χ1) is 7.17. The number of hydrogen-bond acceptors (Lipinski definition) is 4. The van der Waals surface area contributed by atoms with Gasteiger partial charge in [-0.1, -0.05) is 0 Å². The molecule has 0 fully saturated rings. The number of halogens is 1. The van der Waals surface area contributed by atoms with Crippen LogP contribution in [-0.4, -0.2) is 25.2 Å². The predicted octanol–water partition coefficient (Wildman–Crippen LogP) is 1.42. The standard InChI is InChI=1S/C10H10FNO3/c1-14-9-5-7(8(11)6-12-9)3-4-10(13)15-2/h3-6H,1-2H3/b4-3+. The SMILES string of the molecule is COC(=O)/C=C/c1cc(OC)ncc1F. The van der Waals surface area contributed by atoms with Crippen LogP contribution in [-0.2, 0) is 9.53 Å². The predicted molar refractivity (Wildman–Crippen MR) is 51.8 cm³/mol. The Kier molecular flexibility index (Phi) is 3.79. The number of aromatic nitrogens is 1. The maximum Gasteiger partial charge on any atom is 0.330 e. The summed E-state index contributed by atoms with van der Waals surface area (Å²) in [5, 5.41) is 0. The van der Waals surface area contributed by atoms with Gasteiger partial charge in [0, 0.05) is 17.7 Å². The molecule has 15 heavy (non-hydrogen) atoms. The number of methoxy groups -OCH3 is 2. The summed E-state index contributed by atoms with van der Waals surface area (Å²) in [6, 6.07) is 1.38. The highest BCUT2D eigenvalue weighted by Crippen LogP contribution is 2.14. The quantitative estimate of drug-likeness (QED) is 0.560. The van der Waals surface area contributed by atoms with Crippen molar-refractivity contribution in [3.63, 3.8) is 0 Å². The van der Waals surface area contributed by atoms with E-state index in [1.165, 1.54) is 26.4 Å². The van der Waals surface area contributed by atoms with Gasteiger partial charge >= 0.3 is 5.97 Å². The van der Waals surface area contributed by atoms with Crippen LogP contribution in [0.5, 0.6) is 5.88 Å². The highest BCUT2D eigenvalue weighted by atomic mass is 19.1. The lowest BCUT2D eigenvalue weighted by atomic mass is 10.2. The molecule has 0 aliphatic rings. The minimum absolute atomic E-state index is 0.215. The summed E-state index contributed by atoms with van der Waals surface area (Å²) in [6.07, 6.45) is 3.44. The fraction of sp³-hybridized carbons (Fsp3) is 0.200. The molecule has 80 valence electrons. The highest BCUT2D eigenvalue weighted by molar-refractivity contribution is 5.86. The lowest BCUT2D eigenvalue weighted by Crippen LogP contribution is -1.95. The fourth-order valence-electron chi connectivity index (χ4n) is 0.899. The Bertz CT molecular complexity index is 390. The molecular formula is C10H10FNO3. The van der Waals surface area contributed by atoms with E-state index in [2.05, 4.69) is 9.72 Å². The molecule has 0 saturated carbocycles. The van der Waals surface area contributed by atoms with E-state index in [9.17, 15) is 9.18 Å². The molecule has 5 heteroatoms. The van der Waals surface area contributed by atoms with Gasteiger partial charge in [-0.2, -0.15) is 0 Å². The van der Waals surface area contributed by atoms with Gasteiger partial charge in [-0.25, -0.2) is 14.2 Å². The highest BCUT2D eigenvalue weighted by Gasteiger charge is 2.02. The van der Waals surface area contributed by atoms with Crippen LogP contribution in [0.3, 0.4) is 0 Å². The van der Waals surface area contributed by atoms with Crippen LogP contribution in [0.4, 0.5) is 4.39 Å². The number of nitrogens with zero attached hydrogens (tertiary/aromatic N) is 1. The molecule has 1 aromatic rings. The molecule has 1 aromatic heterocycles. The van der Waals surface area contributed by atoms with Crippen LogP contribution < -0.4 is 4.74 Å². The Morgan fingerprint density at radius 1 is 1.53 bits per heavy atom. The first-order valence-corrected chi connectivity index (χ1v) is 4.13. The van der Waals surface area contributed by atoms with Crippen LogP contribution in [0.15, 0.2) is 18.3 Å². The van der Waals surface area contributed by atoms with Gasteiger partial charge in [0.05, 0.1) is 20.4 Å². The van der Waals surface area contributed by atoms with Gasteiger partial charge < -0.3 is 9.47 Å². The summed E-state index contributed by atoms with van der Waals surface area (Å²) in [5.41, 5.74) is 0.215. The molecule has 0 saturated heterocycles. The summed E-state index contributed by atoms with van der Waals surface area (Å²) in [4.78, 5) is 14.4. The van der Waals surface area contributed by atoms with Crippen molar-refractivity contribution in [3.8, 4) is 5.88 Å². The van der Waals surface area contributed by atoms with Crippen LogP contribution in [0.2, 0.25) is 0 Å². The van der Waals surface area contributed by atoms with E-state index in [-0.39, 0.29) is 11.4 Å². The number of esters is 1. The Morgan fingerprint density at radius 3 is 2.87 bits per heavy atom. The summed E-state index contributed by atoms with van der Waals surface area (Å²) in [7, 11) is 2.67. The molecule has 0 amide bonds. The molecule has 0 unspecified atom stereocenters. The van der Waals surface area contributed by atoms with E-state index in [1.807, 2.05) is 0 Å². The van der Waals surface area contributed by atoms with Gasteiger partial charge in [-0.15, -0.1) is 0 Å². The Morgan fingerprint density at radius 2 is 2.27 bits per heavy atom. The summed E-state index contributed by atoms with van der Waals surface area (Å²) < 4.78 is 22.3. The minimum Gasteiger partial charge on any atom is -0.481 e. The van der Waals surface area contributed by atoms with Crippen LogP contribution in [0, 0.1) is 5.82 Å². The van der Waals surface area contributed by atoms with E-state index in [0.29, 0.717) is 0 Å². The topological polar surface area (TPSA) is 48.4 Å². The van der Waals surface area contributed by atoms with E-state index in [0.717, 1.165) is 12.3 Å². The molecule has 0 atom stereocenters. The average molecular weight is 211 g/mol. The van der Waals surface area contributed by atoms with E-state index in [4.69, 9.17) is 4.74 Å². The Labute approximate surface area is 86.3 Å². The average Bonchev–Trinajstić information content (AvgIpc) is 2.27. The molecule has 0 N–H and O–H groups in total. The van der Waals surface area contributed by atoms with E-state index in [1.54, 1.807) is 0 Å². The van der Waals surface area contributed by atoms with Gasteiger partial charge in [-0.3, -0.25) is 0 Å². The molecule has 0 bridgehead atoms. The van der Waals surface area contributed by atoms with Crippen molar-refractivity contribution in [2.45, 2.75) is 0 Å². The second-order valence-corrected chi connectivity index (χ2v) is 2.60. The first-order valence-electron chi connectivity index (χ1n) is 4.13. The van der Waals surface area contributed by atoms with Gasteiger partial charge in [-0.05, 0) is 6.08 Å². The molecule has 0 radical (unpaired) electrons. The van der Waals surface area contributed by atoms with Crippen molar-refractivity contribution in [1.29, 1.82) is 0 Å². The lowest BCUT2D eigenvalue weighted by Gasteiger charge is -2.00. The van der Waals surface area contributed by atoms with Crippen molar-refractivity contribution in [2.75, 3.05) is 14.2 Å². The zero-order valence-corrected chi connectivity index (χ0v) is 8.36. The molecule has 0 aliphatic carbocycles. The molecule has 0 aromatic carbocycles. The van der Waals surface area contributed by atoms with Crippen molar-refractivity contribution < 1.29 is 18.7 Å². The minimum atomic E-state index is -0.551. The third kappa shape index (κ3) is 3.05. The monoisotopic (exact) mass is 211 g/mol. The van der Waals surface area contributed by atoms with Gasteiger partial charge in [0.15, 0.2) is 0 Å². The van der Waals surface area contributed by atoms with Crippen molar-refractivity contribution in [1.82, 2.24) is 4.98 Å². The number of carbonyl (C=O) groups is 1. The normalized spacial score (nSPS) is 10.3. The summed E-state index contributed by atoms with van der Waals surface area (Å²) in [5.74, 6) is -0.804. The van der Waals surface area contributed by atoms with Crippen LogP contribution in [0.25, 0.3) is 6.08 Å². The van der Waals surface area contributed by atoms with E-state index < -0.39 is 11.8 Å². The smallest absolute Gasteiger partial charge is 0.330 e. The number of pyridine rings is 1. The third-order valence-corrected chi connectivity index (χ3v) is 1.67. The van der Waals surface area contributed by atoms with Gasteiger partial charge in [0.2, 0.25) is 5.88 Å². The second-order valence-electron chi connectivity index (χ2n) is 2.60. The van der Waals surface area contributed by atoms with Crippen LogP contribution in [0.1, 0.15) is 5.56 Å². The zero-order chi connectivity index (χ0) is 11.3. The van der Waals surface area contributed by atoms with E-state index >= 15 is 0 Å². The second kappa shape index (κ2) is 5.09. The Balaban J connectivity index is 2.93. The fourth-order valence-corrected chi connectivity index (χ4v) is 0.899. The molecule has 0 spiro atoms.